The topological polar surface area (TPSA) is 163 Å². The Morgan fingerprint density at radius 3 is 1.94 bits per heavy atom. The normalized spacial score (nSPS) is 12.5. The monoisotopic (exact) mass is 671 g/mol. The Bertz CT molecular complexity index is 1930. The molecule has 0 saturated carbocycles. The van der Waals surface area contributed by atoms with Gasteiger partial charge in [0, 0.05) is 22.5 Å². The van der Waals surface area contributed by atoms with E-state index in [0.717, 1.165) is 11.1 Å². The lowest BCUT2D eigenvalue weighted by atomic mass is 10.1. The number of nitrogens with zero attached hydrogens (tertiary/aromatic N) is 1. The number of nitrogens with one attached hydrogen (secondary N) is 4. The van der Waals surface area contributed by atoms with Crippen molar-refractivity contribution < 1.29 is 28.7 Å². The molecule has 0 saturated heterocycles. The highest BCUT2D eigenvalue weighted by atomic mass is 16.4. The van der Waals surface area contributed by atoms with Crippen LogP contribution in [0, 0.1) is 0 Å². The van der Waals surface area contributed by atoms with Gasteiger partial charge in [-0.2, -0.15) is 0 Å². The third kappa shape index (κ3) is 9.18. The number of rotatable bonds is 14. The SMILES string of the molecule is C=C[C@H](NC(=O)Cc1ccccc1)C(=O)Nc1ccc(-c2cnc(-c3ccc(NC(=O)[C@H](CC)NC(=O)[C@@H](O)c4ccccc4)cc3)o2)cc1. The smallest absolute Gasteiger partial charge is 0.254 e. The summed E-state index contributed by atoms with van der Waals surface area (Å²) in [6, 6.07) is 29.9. The van der Waals surface area contributed by atoms with E-state index in [1.807, 2.05) is 30.3 Å². The number of benzene rings is 4. The first-order valence-corrected chi connectivity index (χ1v) is 16.0. The molecule has 0 fully saturated rings. The fraction of sp³-hybridized carbons (Fsp3) is 0.154. The van der Waals surface area contributed by atoms with E-state index in [-0.39, 0.29) is 12.3 Å². The molecule has 0 unspecified atom stereocenters. The maximum atomic E-state index is 12.9. The van der Waals surface area contributed by atoms with Crippen molar-refractivity contribution in [2.75, 3.05) is 10.6 Å². The van der Waals surface area contributed by atoms with E-state index >= 15 is 0 Å². The second kappa shape index (κ2) is 16.7. The first kappa shape index (κ1) is 35.0. The summed E-state index contributed by atoms with van der Waals surface area (Å²) in [5.41, 5.74) is 3.71. The molecule has 50 heavy (non-hydrogen) atoms. The van der Waals surface area contributed by atoms with Crippen molar-refractivity contribution in [1.82, 2.24) is 15.6 Å². The number of aliphatic hydroxyl groups excluding tert-OH is 1. The highest BCUT2D eigenvalue weighted by molar-refractivity contribution is 5.99. The maximum absolute atomic E-state index is 12.9. The quantitative estimate of drug-likeness (QED) is 0.0984. The zero-order valence-electron chi connectivity index (χ0n) is 27.3. The van der Waals surface area contributed by atoms with Crippen LogP contribution in [0.25, 0.3) is 22.8 Å². The molecular formula is C39H37N5O6. The van der Waals surface area contributed by atoms with Crippen LogP contribution in [0.3, 0.4) is 0 Å². The standard InChI is InChI=1S/C39H37N5O6/c1-3-31(43-34(45)23-25-11-7-5-8-12-25)36(47)41-29-19-15-26(16-20-29)33-24-40-39(50-33)28-17-21-30(22-18-28)42-37(48)32(4-2)44-38(49)35(46)27-13-9-6-10-14-27/h3,5-22,24,31-32,35,46H,1,4,23H2,2H3,(H,41,47)(H,42,48)(H,43,45)(H,44,49)/t31-,32-,35-/m0/s1. The summed E-state index contributed by atoms with van der Waals surface area (Å²) in [4.78, 5) is 55.1. The maximum Gasteiger partial charge on any atom is 0.254 e. The van der Waals surface area contributed by atoms with Crippen LogP contribution in [-0.2, 0) is 25.6 Å². The van der Waals surface area contributed by atoms with E-state index < -0.39 is 35.9 Å². The zero-order chi connectivity index (χ0) is 35.5. The van der Waals surface area contributed by atoms with Gasteiger partial charge in [-0.05, 0) is 66.1 Å². The molecule has 0 aliphatic heterocycles. The van der Waals surface area contributed by atoms with E-state index in [1.165, 1.54) is 6.08 Å². The Hall–Kier alpha value is -6.33. The van der Waals surface area contributed by atoms with E-state index in [2.05, 4.69) is 32.8 Å². The summed E-state index contributed by atoms with van der Waals surface area (Å²) < 4.78 is 5.99. The van der Waals surface area contributed by atoms with Gasteiger partial charge in [0.05, 0.1) is 12.6 Å². The lowest BCUT2D eigenvalue weighted by Gasteiger charge is -2.19. The van der Waals surface area contributed by atoms with Gasteiger partial charge in [-0.25, -0.2) is 4.98 Å². The third-order valence-corrected chi connectivity index (χ3v) is 7.79. The molecule has 0 spiro atoms. The van der Waals surface area contributed by atoms with Crippen LogP contribution in [0.2, 0.25) is 0 Å². The van der Waals surface area contributed by atoms with Crippen LogP contribution in [0.5, 0.6) is 0 Å². The number of hydrogen-bond acceptors (Lipinski definition) is 7. The Kier molecular flexibility index (Phi) is 11.7. The molecule has 254 valence electrons. The molecule has 0 aliphatic rings. The van der Waals surface area contributed by atoms with E-state index in [1.54, 1.807) is 92.0 Å². The van der Waals surface area contributed by atoms with Crippen LogP contribution in [-0.4, -0.2) is 45.8 Å². The van der Waals surface area contributed by atoms with Gasteiger partial charge in [0.15, 0.2) is 11.9 Å². The Morgan fingerprint density at radius 2 is 1.34 bits per heavy atom. The number of oxazole rings is 1. The van der Waals surface area contributed by atoms with Crippen molar-refractivity contribution in [3.05, 3.63) is 139 Å². The van der Waals surface area contributed by atoms with E-state index in [9.17, 15) is 24.3 Å². The summed E-state index contributed by atoms with van der Waals surface area (Å²) in [5.74, 6) is -0.920. The summed E-state index contributed by atoms with van der Waals surface area (Å²) in [7, 11) is 0. The van der Waals surface area contributed by atoms with Gasteiger partial charge in [0.1, 0.15) is 12.1 Å². The molecule has 0 radical (unpaired) electrons. The number of carbonyl (C=O) groups excluding carboxylic acids is 4. The molecule has 1 aromatic heterocycles. The number of carbonyl (C=O) groups is 4. The molecule has 11 nitrogen and oxygen atoms in total. The molecular weight excluding hydrogens is 634 g/mol. The molecule has 5 aromatic rings. The number of aromatic nitrogens is 1. The van der Waals surface area contributed by atoms with Crippen molar-refractivity contribution in [3.63, 3.8) is 0 Å². The fourth-order valence-electron chi connectivity index (χ4n) is 5.03. The summed E-state index contributed by atoms with van der Waals surface area (Å²) >= 11 is 0. The first-order valence-electron chi connectivity index (χ1n) is 16.0. The molecule has 11 heteroatoms. The molecule has 5 N–H and O–H groups in total. The Morgan fingerprint density at radius 1 is 0.760 bits per heavy atom. The van der Waals surface area contributed by atoms with Crippen molar-refractivity contribution in [3.8, 4) is 22.8 Å². The first-order chi connectivity index (χ1) is 24.2. The third-order valence-electron chi connectivity index (χ3n) is 7.79. The van der Waals surface area contributed by atoms with Gasteiger partial charge in [-0.15, -0.1) is 6.58 Å². The minimum absolute atomic E-state index is 0.148. The van der Waals surface area contributed by atoms with Gasteiger partial charge in [0.25, 0.3) is 11.8 Å². The zero-order valence-corrected chi connectivity index (χ0v) is 27.3. The summed E-state index contributed by atoms with van der Waals surface area (Å²) in [6.45, 7) is 5.45. The molecule has 0 aliphatic carbocycles. The van der Waals surface area contributed by atoms with Crippen molar-refractivity contribution >= 4 is 35.0 Å². The molecule has 5 rings (SSSR count). The summed E-state index contributed by atoms with van der Waals surface area (Å²) in [6.07, 6.45) is 2.06. The van der Waals surface area contributed by atoms with Gasteiger partial charge < -0.3 is 30.8 Å². The predicted molar refractivity (Wildman–Crippen MR) is 191 cm³/mol. The van der Waals surface area contributed by atoms with Crippen LogP contribution >= 0.6 is 0 Å². The van der Waals surface area contributed by atoms with Crippen molar-refractivity contribution in [1.29, 1.82) is 0 Å². The lowest BCUT2D eigenvalue weighted by molar-refractivity contribution is -0.133. The van der Waals surface area contributed by atoms with Gasteiger partial charge in [0.2, 0.25) is 17.7 Å². The van der Waals surface area contributed by atoms with Crippen LogP contribution in [0.1, 0.15) is 30.6 Å². The number of aliphatic hydroxyl groups is 1. The van der Waals surface area contributed by atoms with Crippen molar-refractivity contribution in [2.45, 2.75) is 38.0 Å². The van der Waals surface area contributed by atoms with Gasteiger partial charge >= 0.3 is 0 Å². The Labute approximate surface area is 289 Å². The molecule has 0 bridgehead atoms. The second-order valence-electron chi connectivity index (χ2n) is 11.4. The predicted octanol–water partition coefficient (Wildman–Crippen LogP) is 5.43. The highest BCUT2D eigenvalue weighted by Gasteiger charge is 2.24. The number of amides is 4. The minimum atomic E-state index is -1.39. The van der Waals surface area contributed by atoms with Crippen LogP contribution < -0.4 is 21.3 Å². The van der Waals surface area contributed by atoms with Crippen molar-refractivity contribution in [2.24, 2.45) is 0 Å². The molecule has 3 atom stereocenters. The van der Waals surface area contributed by atoms with E-state index in [4.69, 9.17) is 4.42 Å². The largest absolute Gasteiger partial charge is 0.436 e. The average Bonchev–Trinajstić information content (AvgIpc) is 3.64. The van der Waals surface area contributed by atoms with Gasteiger partial charge in [-0.1, -0.05) is 73.7 Å². The minimum Gasteiger partial charge on any atom is -0.436 e. The second-order valence-corrected chi connectivity index (χ2v) is 11.4. The van der Waals surface area contributed by atoms with Gasteiger partial charge in [-0.3, -0.25) is 19.2 Å². The van der Waals surface area contributed by atoms with Crippen LogP contribution in [0.4, 0.5) is 11.4 Å². The Balaban J connectivity index is 1.14. The molecule has 1 heterocycles. The number of hydrogen-bond donors (Lipinski definition) is 5. The lowest BCUT2D eigenvalue weighted by Crippen LogP contribution is -2.45. The fourth-order valence-corrected chi connectivity index (χ4v) is 5.03. The van der Waals surface area contributed by atoms with E-state index in [0.29, 0.717) is 40.6 Å². The molecule has 4 aromatic carbocycles. The average molecular weight is 672 g/mol. The summed E-state index contributed by atoms with van der Waals surface area (Å²) in [5, 5.41) is 21.2. The van der Waals surface area contributed by atoms with Crippen LogP contribution in [0.15, 0.2) is 132 Å². The molecule has 4 amide bonds. The highest BCUT2D eigenvalue weighted by Crippen LogP contribution is 2.28. The number of anilines is 2.